The molecule has 8 heteroatoms. The Morgan fingerprint density at radius 3 is 2.39 bits per heavy atom. The number of likely N-dealkylation sites (tertiary alicyclic amines) is 1. The van der Waals surface area contributed by atoms with Gasteiger partial charge in [-0.25, -0.2) is 4.98 Å². The third kappa shape index (κ3) is 4.28. The van der Waals surface area contributed by atoms with Crippen LogP contribution in [0, 0.1) is 0 Å². The highest BCUT2D eigenvalue weighted by atomic mass is 16.5. The number of aromatic nitrogens is 2. The summed E-state index contributed by atoms with van der Waals surface area (Å²) in [6, 6.07) is 6.56. The predicted molar refractivity (Wildman–Crippen MR) is 133 cm³/mol. The molecule has 1 aliphatic heterocycles. The average Bonchev–Trinajstić information content (AvgIpc) is 2.81. The summed E-state index contributed by atoms with van der Waals surface area (Å²) in [6.45, 7) is 2.79. The molecule has 2 aromatic heterocycles. The van der Waals surface area contributed by atoms with Crippen LogP contribution in [0.3, 0.4) is 0 Å². The number of nitrogens with one attached hydrogen (secondary N) is 1. The maximum absolute atomic E-state index is 12.8. The van der Waals surface area contributed by atoms with Crippen LogP contribution in [0.1, 0.15) is 12.0 Å². The number of fused-ring (bicyclic) bond motifs is 1. The third-order valence-corrected chi connectivity index (χ3v) is 6.50. The summed E-state index contributed by atoms with van der Waals surface area (Å²) < 4.78 is 13.3. The van der Waals surface area contributed by atoms with E-state index >= 15 is 0 Å². The molecule has 3 heterocycles. The summed E-state index contributed by atoms with van der Waals surface area (Å²) in [4.78, 5) is 21.6. The second-order valence-electron chi connectivity index (χ2n) is 8.77. The van der Waals surface area contributed by atoms with E-state index in [1.807, 2.05) is 50.4 Å². The highest BCUT2D eigenvalue weighted by Gasteiger charge is 2.29. The van der Waals surface area contributed by atoms with Gasteiger partial charge in [-0.1, -0.05) is 0 Å². The molecule has 1 atom stereocenters. The fourth-order valence-corrected chi connectivity index (χ4v) is 4.49. The number of likely N-dealkylation sites (N-methyl/N-ethyl adjacent to an activating group) is 1. The Morgan fingerprint density at radius 2 is 1.85 bits per heavy atom. The Bertz CT molecular complexity index is 1200. The van der Waals surface area contributed by atoms with Gasteiger partial charge in [-0.05, 0) is 37.2 Å². The standard InChI is InChI=1S/C25H33N5O3/c1-26-12-17-7-8-30(17)15-21-22(32-5)9-16(10-23(21)33-6)20-14-29(4)25(31)19-13-27-24(28(2)3)11-18(19)20/h9-11,13-14,17,26H,7-8,12,15H2,1-6H3/t17-/m1/s1. The number of anilines is 1. The first-order valence-corrected chi connectivity index (χ1v) is 11.2. The second kappa shape index (κ2) is 9.41. The number of hydrogen-bond donors (Lipinski definition) is 1. The Hall–Kier alpha value is -3.10. The van der Waals surface area contributed by atoms with Gasteiger partial charge in [-0.15, -0.1) is 0 Å². The van der Waals surface area contributed by atoms with Gasteiger partial charge in [0.2, 0.25) is 0 Å². The van der Waals surface area contributed by atoms with Crippen LogP contribution in [-0.2, 0) is 13.6 Å². The van der Waals surface area contributed by atoms with Crippen LogP contribution >= 0.6 is 0 Å². The normalized spacial score (nSPS) is 16.0. The van der Waals surface area contributed by atoms with Crippen molar-refractivity contribution in [3.8, 4) is 22.6 Å². The van der Waals surface area contributed by atoms with Crippen molar-refractivity contribution < 1.29 is 9.47 Å². The largest absolute Gasteiger partial charge is 0.496 e. The summed E-state index contributed by atoms with van der Waals surface area (Å²) in [7, 11) is 11.0. The highest BCUT2D eigenvalue weighted by molar-refractivity contribution is 5.97. The van der Waals surface area contributed by atoms with Crippen molar-refractivity contribution in [3.63, 3.8) is 0 Å². The molecule has 0 bridgehead atoms. The van der Waals surface area contributed by atoms with Gasteiger partial charge in [0.15, 0.2) is 0 Å². The highest BCUT2D eigenvalue weighted by Crippen LogP contribution is 2.39. The first kappa shape index (κ1) is 23.1. The number of nitrogens with zero attached hydrogens (tertiary/aromatic N) is 4. The first-order chi connectivity index (χ1) is 15.9. The molecule has 176 valence electrons. The van der Waals surface area contributed by atoms with Crippen LogP contribution in [0.2, 0.25) is 0 Å². The molecule has 1 aromatic carbocycles. The van der Waals surface area contributed by atoms with E-state index in [1.165, 1.54) is 6.42 Å². The molecule has 4 rings (SSSR count). The number of ether oxygens (including phenoxy) is 2. The summed E-state index contributed by atoms with van der Waals surface area (Å²) in [5.74, 6) is 2.35. The van der Waals surface area contributed by atoms with Crippen molar-refractivity contribution in [1.29, 1.82) is 0 Å². The van der Waals surface area contributed by atoms with Crippen molar-refractivity contribution in [2.75, 3.05) is 53.4 Å². The van der Waals surface area contributed by atoms with Gasteiger partial charge in [-0.2, -0.15) is 0 Å². The number of pyridine rings is 2. The third-order valence-electron chi connectivity index (χ3n) is 6.50. The van der Waals surface area contributed by atoms with Gasteiger partial charge in [0.05, 0.1) is 25.2 Å². The topological polar surface area (TPSA) is 71.9 Å². The predicted octanol–water partition coefficient (Wildman–Crippen LogP) is 2.48. The Balaban J connectivity index is 1.85. The van der Waals surface area contributed by atoms with Gasteiger partial charge >= 0.3 is 0 Å². The summed E-state index contributed by atoms with van der Waals surface area (Å²) >= 11 is 0. The van der Waals surface area contributed by atoms with Crippen LogP contribution in [0.15, 0.2) is 35.4 Å². The SMILES string of the molecule is CNC[C@H]1CCN1Cc1c(OC)cc(-c2cn(C)c(=O)c3cnc(N(C)C)cc23)cc1OC. The van der Waals surface area contributed by atoms with Gasteiger partial charge in [-0.3, -0.25) is 9.69 Å². The zero-order valence-corrected chi connectivity index (χ0v) is 20.3. The minimum atomic E-state index is -0.0736. The monoisotopic (exact) mass is 451 g/mol. The smallest absolute Gasteiger partial charge is 0.259 e. The lowest BCUT2D eigenvalue weighted by atomic mass is 9.97. The summed E-state index contributed by atoms with van der Waals surface area (Å²) in [6.07, 6.45) is 4.72. The molecule has 3 aromatic rings. The minimum absolute atomic E-state index is 0.0736. The van der Waals surface area contributed by atoms with Crippen LogP contribution in [0.5, 0.6) is 11.5 Å². The Labute approximate surface area is 194 Å². The molecule has 1 N–H and O–H groups in total. The zero-order chi connectivity index (χ0) is 23.7. The number of rotatable bonds is 8. The van der Waals surface area contributed by atoms with Gasteiger partial charge in [0.1, 0.15) is 17.3 Å². The lowest BCUT2D eigenvalue weighted by Crippen LogP contribution is -2.51. The molecule has 0 aliphatic carbocycles. The van der Waals surface area contributed by atoms with Crippen molar-refractivity contribution >= 4 is 16.6 Å². The van der Waals surface area contributed by atoms with E-state index in [0.717, 1.165) is 59.0 Å². The van der Waals surface area contributed by atoms with E-state index in [-0.39, 0.29) is 5.56 Å². The zero-order valence-electron chi connectivity index (χ0n) is 20.3. The molecule has 8 nitrogen and oxygen atoms in total. The molecule has 1 saturated heterocycles. The van der Waals surface area contributed by atoms with Gasteiger partial charge in [0, 0.05) is 70.2 Å². The fourth-order valence-electron chi connectivity index (χ4n) is 4.49. The number of benzene rings is 1. The molecular weight excluding hydrogens is 418 g/mol. The lowest BCUT2D eigenvalue weighted by Gasteiger charge is -2.41. The molecule has 0 amide bonds. The second-order valence-corrected chi connectivity index (χ2v) is 8.77. The molecular formula is C25H33N5O3. The van der Waals surface area contributed by atoms with Crippen LogP contribution in [-0.4, -0.2) is 68.9 Å². The fraction of sp³-hybridized carbons (Fsp3) is 0.440. The number of hydrogen-bond acceptors (Lipinski definition) is 7. The molecule has 0 unspecified atom stereocenters. The molecule has 1 aliphatic rings. The Kier molecular flexibility index (Phi) is 6.58. The van der Waals surface area contributed by atoms with E-state index in [0.29, 0.717) is 11.4 Å². The van der Waals surface area contributed by atoms with Crippen LogP contribution in [0.4, 0.5) is 5.82 Å². The lowest BCUT2D eigenvalue weighted by molar-refractivity contribution is 0.0810. The van der Waals surface area contributed by atoms with E-state index < -0.39 is 0 Å². The molecule has 0 spiro atoms. The average molecular weight is 452 g/mol. The van der Waals surface area contributed by atoms with Crippen molar-refractivity contribution in [2.24, 2.45) is 7.05 Å². The number of aryl methyl sites for hydroxylation is 1. The van der Waals surface area contributed by atoms with E-state index in [1.54, 1.807) is 32.0 Å². The maximum Gasteiger partial charge on any atom is 0.259 e. The number of methoxy groups -OCH3 is 2. The van der Waals surface area contributed by atoms with Crippen LogP contribution in [0.25, 0.3) is 21.9 Å². The van der Waals surface area contributed by atoms with Crippen LogP contribution < -0.4 is 25.2 Å². The molecule has 33 heavy (non-hydrogen) atoms. The van der Waals surface area contributed by atoms with E-state index in [2.05, 4.69) is 15.2 Å². The first-order valence-electron chi connectivity index (χ1n) is 11.2. The quantitative estimate of drug-likeness (QED) is 0.564. The molecule has 0 radical (unpaired) electrons. The summed E-state index contributed by atoms with van der Waals surface area (Å²) in [5, 5.41) is 4.71. The van der Waals surface area contributed by atoms with E-state index in [4.69, 9.17) is 9.47 Å². The van der Waals surface area contributed by atoms with Crippen molar-refractivity contribution in [2.45, 2.75) is 19.0 Å². The Morgan fingerprint density at radius 1 is 1.15 bits per heavy atom. The van der Waals surface area contributed by atoms with Crippen molar-refractivity contribution in [1.82, 2.24) is 19.8 Å². The maximum atomic E-state index is 12.8. The van der Waals surface area contributed by atoms with Crippen molar-refractivity contribution in [3.05, 3.63) is 46.5 Å². The molecule has 1 fully saturated rings. The van der Waals surface area contributed by atoms with Gasteiger partial charge < -0.3 is 24.3 Å². The minimum Gasteiger partial charge on any atom is -0.496 e. The molecule has 0 saturated carbocycles. The van der Waals surface area contributed by atoms with Gasteiger partial charge in [0.25, 0.3) is 5.56 Å². The summed E-state index contributed by atoms with van der Waals surface area (Å²) in [5.41, 5.74) is 2.82. The van der Waals surface area contributed by atoms with E-state index in [9.17, 15) is 4.79 Å².